The van der Waals surface area contributed by atoms with Gasteiger partial charge in [-0.2, -0.15) is 0 Å². The Morgan fingerprint density at radius 3 is 2.29 bits per heavy atom. The van der Waals surface area contributed by atoms with Crippen LogP contribution in [0, 0.1) is 13.8 Å². The highest BCUT2D eigenvalue weighted by Gasteiger charge is 2.18. The second-order valence-electron chi connectivity index (χ2n) is 6.56. The summed E-state index contributed by atoms with van der Waals surface area (Å²) < 4.78 is 0. The minimum Gasteiger partial charge on any atom is -0.354 e. The Balaban J connectivity index is 1.68. The van der Waals surface area contributed by atoms with Gasteiger partial charge >= 0.3 is 0 Å². The van der Waals surface area contributed by atoms with Gasteiger partial charge in [-0.25, -0.2) is 4.98 Å². The van der Waals surface area contributed by atoms with E-state index in [2.05, 4.69) is 42.3 Å². The summed E-state index contributed by atoms with van der Waals surface area (Å²) in [4.78, 5) is 18.9. The number of amides is 1. The van der Waals surface area contributed by atoms with Crippen LogP contribution < -0.4 is 5.32 Å². The molecule has 3 rings (SSSR count). The van der Waals surface area contributed by atoms with Crippen molar-refractivity contribution in [2.45, 2.75) is 39.5 Å². The third-order valence-corrected chi connectivity index (χ3v) is 4.67. The highest BCUT2D eigenvalue weighted by atomic mass is 16.2. The Morgan fingerprint density at radius 1 is 0.958 bits per heavy atom. The van der Waals surface area contributed by atoms with E-state index in [1.165, 1.54) is 24.0 Å². The third-order valence-electron chi connectivity index (χ3n) is 4.67. The molecular weight excluding hydrogens is 298 g/mol. The van der Waals surface area contributed by atoms with Crippen LogP contribution in [-0.2, 0) is 0 Å². The van der Waals surface area contributed by atoms with Gasteiger partial charge in [0.05, 0.1) is 11.9 Å². The van der Waals surface area contributed by atoms with Crippen LogP contribution in [-0.4, -0.2) is 28.9 Å². The summed E-state index contributed by atoms with van der Waals surface area (Å²) in [5.74, 6) is 0.0506. The second kappa shape index (κ2) is 7.47. The number of nitrogens with zero attached hydrogens (tertiary/aromatic N) is 2. The zero-order valence-corrected chi connectivity index (χ0v) is 14.5. The van der Waals surface area contributed by atoms with Crippen LogP contribution in [0.15, 0.2) is 36.5 Å². The fraction of sp³-hybridized carbons (Fsp3) is 0.400. The van der Waals surface area contributed by atoms with Crippen molar-refractivity contribution >= 4 is 17.3 Å². The number of nitrogens with one attached hydrogen (secondary N) is 1. The predicted molar refractivity (Wildman–Crippen MR) is 97.8 cm³/mol. The number of hydrogen-bond acceptors (Lipinski definition) is 3. The first-order valence-corrected chi connectivity index (χ1v) is 8.73. The van der Waals surface area contributed by atoms with Gasteiger partial charge in [0, 0.05) is 18.8 Å². The molecule has 1 aliphatic rings. The van der Waals surface area contributed by atoms with Crippen LogP contribution in [0.25, 0.3) is 0 Å². The van der Waals surface area contributed by atoms with Gasteiger partial charge in [0.15, 0.2) is 0 Å². The molecular formula is C20H25N3O. The summed E-state index contributed by atoms with van der Waals surface area (Å²) in [5.41, 5.74) is 4.98. The summed E-state index contributed by atoms with van der Waals surface area (Å²) in [6, 6.07) is 10.0. The highest BCUT2D eigenvalue weighted by Crippen LogP contribution is 2.20. The number of carbonyl (C=O) groups is 1. The molecule has 0 bridgehead atoms. The Labute approximate surface area is 143 Å². The van der Waals surface area contributed by atoms with Crippen LogP contribution in [0.4, 0.5) is 11.4 Å². The van der Waals surface area contributed by atoms with E-state index in [1.54, 1.807) is 6.20 Å². The van der Waals surface area contributed by atoms with Crippen LogP contribution in [0.1, 0.15) is 47.3 Å². The largest absolute Gasteiger partial charge is 0.354 e. The molecule has 1 amide bonds. The van der Waals surface area contributed by atoms with Gasteiger partial charge in [0.2, 0.25) is 0 Å². The van der Waals surface area contributed by atoms with E-state index in [9.17, 15) is 4.79 Å². The molecule has 4 heteroatoms. The lowest BCUT2D eigenvalue weighted by atomic mass is 10.1. The molecule has 1 aliphatic heterocycles. The summed E-state index contributed by atoms with van der Waals surface area (Å²) in [6.45, 7) is 5.90. The average molecular weight is 323 g/mol. The fourth-order valence-corrected chi connectivity index (χ4v) is 3.02. The zero-order chi connectivity index (χ0) is 16.9. The van der Waals surface area contributed by atoms with Crippen molar-refractivity contribution in [3.05, 3.63) is 53.3 Å². The van der Waals surface area contributed by atoms with Crippen LogP contribution in [0.3, 0.4) is 0 Å². The van der Waals surface area contributed by atoms with E-state index >= 15 is 0 Å². The molecule has 0 atom stereocenters. The predicted octanol–water partition coefficient (Wildman–Crippen LogP) is 4.46. The minimum atomic E-state index is 0.0506. The van der Waals surface area contributed by atoms with Gasteiger partial charge in [0.25, 0.3) is 5.91 Å². The third kappa shape index (κ3) is 3.94. The lowest BCUT2D eigenvalue weighted by Gasteiger charge is -2.19. The maximum Gasteiger partial charge on any atom is 0.272 e. The number of carbonyl (C=O) groups excluding carboxylic acids is 1. The number of benzene rings is 1. The van der Waals surface area contributed by atoms with Crippen molar-refractivity contribution in [1.29, 1.82) is 0 Å². The van der Waals surface area contributed by atoms with Crippen LogP contribution in [0.2, 0.25) is 0 Å². The molecule has 4 nitrogen and oxygen atoms in total. The van der Waals surface area contributed by atoms with Gasteiger partial charge < -0.3 is 10.2 Å². The number of pyridine rings is 1. The normalized spacial score (nSPS) is 15.0. The smallest absolute Gasteiger partial charge is 0.272 e. The number of hydrogen-bond donors (Lipinski definition) is 1. The van der Waals surface area contributed by atoms with E-state index in [0.29, 0.717) is 5.69 Å². The van der Waals surface area contributed by atoms with E-state index in [4.69, 9.17) is 0 Å². The summed E-state index contributed by atoms with van der Waals surface area (Å²) in [7, 11) is 0. The second-order valence-corrected chi connectivity index (χ2v) is 6.56. The van der Waals surface area contributed by atoms with E-state index in [-0.39, 0.29) is 5.91 Å². The molecule has 0 spiro atoms. The van der Waals surface area contributed by atoms with Crippen molar-refractivity contribution in [3.63, 3.8) is 0 Å². The molecule has 0 saturated carbocycles. The topological polar surface area (TPSA) is 45.2 Å². The number of rotatable bonds is 3. The van der Waals surface area contributed by atoms with Gasteiger partial charge in [-0.15, -0.1) is 0 Å². The average Bonchev–Trinajstić information content (AvgIpc) is 2.88. The molecule has 2 aromatic rings. The summed E-state index contributed by atoms with van der Waals surface area (Å²) in [6.07, 6.45) is 6.36. The highest BCUT2D eigenvalue weighted by molar-refractivity contribution is 5.92. The van der Waals surface area contributed by atoms with Crippen molar-refractivity contribution in [3.8, 4) is 0 Å². The Hall–Kier alpha value is -2.36. The number of aromatic nitrogens is 1. The SMILES string of the molecule is Cc1ccc(Nc2ccc(C(=O)N3CCCCCC3)nc2)cc1C. The minimum absolute atomic E-state index is 0.0506. The fourth-order valence-electron chi connectivity index (χ4n) is 3.02. The summed E-state index contributed by atoms with van der Waals surface area (Å²) in [5, 5.41) is 3.34. The molecule has 0 aliphatic carbocycles. The maximum atomic E-state index is 12.5. The zero-order valence-electron chi connectivity index (χ0n) is 14.5. The van der Waals surface area contributed by atoms with Crippen molar-refractivity contribution in [1.82, 2.24) is 9.88 Å². The maximum absolute atomic E-state index is 12.5. The Kier molecular flexibility index (Phi) is 5.14. The van der Waals surface area contributed by atoms with Gasteiger partial charge in [0.1, 0.15) is 5.69 Å². The molecule has 1 fully saturated rings. The molecule has 0 unspecified atom stereocenters. The Bertz CT molecular complexity index is 701. The molecule has 126 valence electrons. The summed E-state index contributed by atoms with van der Waals surface area (Å²) >= 11 is 0. The first-order chi connectivity index (χ1) is 11.6. The molecule has 0 radical (unpaired) electrons. The molecule has 1 aromatic heterocycles. The quantitative estimate of drug-likeness (QED) is 0.907. The van der Waals surface area contributed by atoms with Gasteiger partial charge in [-0.05, 0) is 62.1 Å². The van der Waals surface area contributed by atoms with Crippen LogP contribution in [0.5, 0.6) is 0 Å². The molecule has 24 heavy (non-hydrogen) atoms. The standard InChI is InChI=1S/C20H25N3O/c1-15-7-8-17(13-16(15)2)22-18-9-10-19(21-14-18)20(24)23-11-5-3-4-6-12-23/h7-10,13-14,22H,3-6,11-12H2,1-2H3. The lowest BCUT2D eigenvalue weighted by Crippen LogP contribution is -2.32. The first kappa shape index (κ1) is 16.5. The van der Waals surface area contributed by atoms with Crippen molar-refractivity contribution < 1.29 is 4.79 Å². The van der Waals surface area contributed by atoms with Crippen molar-refractivity contribution in [2.75, 3.05) is 18.4 Å². The number of anilines is 2. The van der Waals surface area contributed by atoms with E-state index in [0.717, 1.165) is 37.3 Å². The van der Waals surface area contributed by atoms with Crippen LogP contribution >= 0.6 is 0 Å². The van der Waals surface area contributed by atoms with E-state index in [1.807, 2.05) is 17.0 Å². The van der Waals surface area contributed by atoms with E-state index < -0.39 is 0 Å². The number of aryl methyl sites for hydroxylation is 2. The first-order valence-electron chi connectivity index (χ1n) is 8.73. The lowest BCUT2D eigenvalue weighted by molar-refractivity contribution is 0.0756. The molecule has 1 N–H and O–H groups in total. The molecule has 2 heterocycles. The monoisotopic (exact) mass is 323 g/mol. The van der Waals surface area contributed by atoms with Gasteiger partial charge in [-0.3, -0.25) is 4.79 Å². The Morgan fingerprint density at radius 2 is 1.67 bits per heavy atom. The number of likely N-dealkylation sites (tertiary alicyclic amines) is 1. The van der Waals surface area contributed by atoms with Gasteiger partial charge in [-0.1, -0.05) is 18.9 Å². The van der Waals surface area contributed by atoms with Crippen molar-refractivity contribution in [2.24, 2.45) is 0 Å². The molecule has 1 saturated heterocycles. The molecule has 1 aromatic carbocycles.